The fourth-order valence-electron chi connectivity index (χ4n) is 1.85. The molecule has 1 saturated heterocycles. The Kier molecular flexibility index (Phi) is 1.73. The number of nitrogens with two attached hydrogens (primary N) is 1. The zero-order valence-electron chi connectivity index (χ0n) is 11.4. The normalized spacial score (nSPS) is 25.4. The van der Waals surface area contributed by atoms with E-state index in [1.165, 1.54) is 6.42 Å². The summed E-state index contributed by atoms with van der Waals surface area (Å²) in [7, 11) is 0. The lowest BCUT2D eigenvalue weighted by atomic mass is 10.0. The molecule has 0 spiro atoms. The molecule has 2 N–H and O–H groups in total. The molecule has 2 heterocycles. The van der Waals surface area contributed by atoms with Crippen molar-refractivity contribution in [1.29, 1.82) is 0 Å². The van der Waals surface area contributed by atoms with Crippen molar-refractivity contribution in [1.82, 2.24) is 4.98 Å². The van der Waals surface area contributed by atoms with E-state index in [0.29, 0.717) is 11.7 Å². The van der Waals surface area contributed by atoms with Gasteiger partial charge in [-0.1, -0.05) is 6.92 Å². The Morgan fingerprint density at radius 3 is 3.36 bits per heavy atom. The van der Waals surface area contributed by atoms with Crippen molar-refractivity contribution < 1.29 is 4.11 Å². The van der Waals surface area contributed by atoms with Crippen molar-refractivity contribution in [2.24, 2.45) is 5.92 Å². The van der Waals surface area contributed by atoms with E-state index in [-0.39, 0.29) is 23.9 Å². The maximum Gasteiger partial charge on any atom is 0.130 e. The molecular weight excluding hydrogens is 174 g/mol. The maximum atomic E-state index is 7.90. The third-order valence-corrected chi connectivity index (χ3v) is 2.56. The number of pyridine rings is 1. The first-order valence-corrected chi connectivity index (χ1v) is 4.99. The smallest absolute Gasteiger partial charge is 0.130 e. The number of hydrogen-bond acceptors (Lipinski definition) is 3. The molecule has 1 unspecified atom stereocenters. The van der Waals surface area contributed by atoms with Crippen LogP contribution in [-0.2, 0) is 0 Å². The summed E-state index contributed by atoms with van der Waals surface area (Å²) in [6.07, 6.45) is 2.11. The van der Waals surface area contributed by atoms with Crippen molar-refractivity contribution >= 4 is 11.5 Å². The van der Waals surface area contributed by atoms with Gasteiger partial charge in [-0.15, -0.1) is 0 Å². The highest BCUT2D eigenvalue weighted by atomic mass is 15.2. The fraction of sp³-hybridized carbons (Fsp3) is 0.545. The van der Waals surface area contributed by atoms with Gasteiger partial charge in [0.1, 0.15) is 5.82 Å². The van der Waals surface area contributed by atoms with Gasteiger partial charge in [0.25, 0.3) is 0 Å². The third-order valence-electron chi connectivity index (χ3n) is 2.56. The van der Waals surface area contributed by atoms with Crippen molar-refractivity contribution in [3.05, 3.63) is 18.3 Å². The SMILES string of the molecule is [2H]c1nc(N2CCCC(C)C2)c([2H])c(N)c1[2H]. The molecular formula is C11H17N3. The van der Waals surface area contributed by atoms with Gasteiger partial charge in [0.2, 0.25) is 0 Å². The van der Waals surface area contributed by atoms with E-state index in [1.54, 1.807) is 0 Å². The molecule has 3 heteroatoms. The van der Waals surface area contributed by atoms with Crippen LogP contribution in [0.1, 0.15) is 23.9 Å². The summed E-state index contributed by atoms with van der Waals surface area (Å²) < 4.78 is 23.0. The van der Waals surface area contributed by atoms with Crippen molar-refractivity contribution in [3.63, 3.8) is 0 Å². The molecule has 1 atom stereocenters. The van der Waals surface area contributed by atoms with Crippen LogP contribution >= 0.6 is 0 Å². The quantitative estimate of drug-likeness (QED) is 0.742. The van der Waals surface area contributed by atoms with Gasteiger partial charge in [-0.2, -0.15) is 0 Å². The lowest BCUT2D eigenvalue weighted by Gasteiger charge is -2.31. The molecule has 1 aliphatic heterocycles. The molecule has 3 nitrogen and oxygen atoms in total. The van der Waals surface area contributed by atoms with Crippen LogP contribution in [0.3, 0.4) is 0 Å². The van der Waals surface area contributed by atoms with E-state index in [2.05, 4.69) is 11.9 Å². The Labute approximate surface area is 89.1 Å². The predicted molar refractivity (Wildman–Crippen MR) is 59.3 cm³/mol. The van der Waals surface area contributed by atoms with Gasteiger partial charge in [-0.25, -0.2) is 4.98 Å². The fourth-order valence-corrected chi connectivity index (χ4v) is 1.85. The molecule has 0 amide bonds. The zero-order chi connectivity index (χ0) is 12.6. The molecule has 1 aliphatic rings. The lowest BCUT2D eigenvalue weighted by Crippen LogP contribution is -2.34. The van der Waals surface area contributed by atoms with Crippen molar-refractivity contribution in [2.75, 3.05) is 23.7 Å². The van der Waals surface area contributed by atoms with Crippen LogP contribution in [0.2, 0.25) is 0 Å². The molecule has 14 heavy (non-hydrogen) atoms. The monoisotopic (exact) mass is 194 g/mol. The minimum absolute atomic E-state index is 0.0539. The molecule has 1 aromatic heterocycles. The zero-order valence-corrected chi connectivity index (χ0v) is 8.38. The summed E-state index contributed by atoms with van der Waals surface area (Å²) in [6.45, 7) is 3.86. The second-order valence-corrected chi connectivity index (χ2v) is 3.90. The number of piperidine rings is 1. The van der Waals surface area contributed by atoms with E-state index in [4.69, 9.17) is 9.85 Å². The number of hydrogen-bond donors (Lipinski definition) is 1. The number of anilines is 2. The van der Waals surface area contributed by atoms with Gasteiger partial charge in [0, 0.05) is 31.0 Å². The highest BCUT2D eigenvalue weighted by Gasteiger charge is 2.17. The molecule has 0 saturated carbocycles. The molecule has 0 aromatic carbocycles. The van der Waals surface area contributed by atoms with Crippen LogP contribution in [-0.4, -0.2) is 18.1 Å². The minimum atomic E-state index is -0.149. The summed E-state index contributed by atoms with van der Waals surface area (Å²) in [5.74, 6) is 1.02. The summed E-state index contributed by atoms with van der Waals surface area (Å²) in [5.41, 5.74) is 5.72. The van der Waals surface area contributed by atoms with E-state index in [0.717, 1.165) is 19.5 Å². The number of rotatable bonds is 1. The Morgan fingerprint density at radius 1 is 1.71 bits per heavy atom. The van der Waals surface area contributed by atoms with Crippen LogP contribution in [0.25, 0.3) is 0 Å². The number of nitrogens with zero attached hydrogens (tertiary/aromatic N) is 2. The average molecular weight is 194 g/mol. The molecule has 0 aliphatic carbocycles. The summed E-state index contributed by atoms with van der Waals surface area (Å²) in [6, 6.07) is -0.0658. The molecule has 0 radical (unpaired) electrons. The first-order valence-electron chi connectivity index (χ1n) is 6.49. The van der Waals surface area contributed by atoms with Crippen LogP contribution in [0.4, 0.5) is 11.5 Å². The number of aromatic nitrogens is 1. The van der Waals surface area contributed by atoms with E-state index < -0.39 is 0 Å². The summed E-state index contributed by atoms with van der Waals surface area (Å²) in [4.78, 5) is 6.03. The van der Waals surface area contributed by atoms with Crippen LogP contribution in [0.15, 0.2) is 18.3 Å². The topological polar surface area (TPSA) is 42.2 Å². The Bertz CT molecular complexity index is 436. The predicted octanol–water partition coefficient (Wildman–Crippen LogP) is 1.90. The Hall–Kier alpha value is -1.25. The van der Waals surface area contributed by atoms with Gasteiger partial charge in [-0.05, 0) is 24.8 Å². The first kappa shape index (κ1) is 6.27. The molecule has 1 fully saturated rings. The maximum absolute atomic E-state index is 7.90. The van der Waals surface area contributed by atoms with Crippen molar-refractivity contribution in [2.45, 2.75) is 19.8 Å². The van der Waals surface area contributed by atoms with Crippen LogP contribution in [0, 0.1) is 5.92 Å². The van der Waals surface area contributed by atoms with Gasteiger partial charge < -0.3 is 10.6 Å². The van der Waals surface area contributed by atoms with Gasteiger partial charge in [0.05, 0.1) is 4.11 Å². The number of nitrogen functional groups attached to an aromatic ring is 1. The van der Waals surface area contributed by atoms with Crippen molar-refractivity contribution in [3.8, 4) is 0 Å². The van der Waals surface area contributed by atoms with Gasteiger partial charge in [0.15, 0.2) is 0 Å². The standard InChI is InChI=1S/C11H17N3/c1-9-3-2-6-14(8-9)11-7-10(12)4-5-13-11/h4-5,7,9H,2-3,6,8H2,1H3,(H2,12,13)/i4D,5D,7D. The summed E-state index contributed by atoms with van der Waals surface area (Å²) in [5, 5.41) is 0. The average Bonchev–Trinajstić information content (AvgIpc) is 2.31. The van der Waals surface area contributed by atoms with Crippen LogP contribution < -0.4 is 10.6 Å². The molecule has 2 rings (SSSR count). The minimum Gasteiger partial charge on any atom is -0.399 e. The molecule has 76 valence electrons. The highest BCUT2D eigenvalue weighted by Crippen LogP contribution is 2.21. The second kappa shape index (κ2) is 3.86. The van der Waals surface area contributed by atoms with Crippen LogP contribution in [0.5, 0.6) is 0 Å². The largest absolute Gasteiger partial charge is 0.399 e. The second-order valence-electron chi connectivity index (χ2n) is 3.90. The molecule has 1 aromatic rings. The molecule has 0 bridgehead atoms. The van der Waals surface area contributed by atoms with E-state index >= 15 is 0 Å². The Balaban J connectivity index is 2.38. The van der Waals surface area contributed by atoms with E-state index in [9.17, 15) is 0 Å². The van der Waals surface area contributed by atoms with Gasteiger partial charge >= 0.3 is 0 Å². The first-order chi connectivity index (χ1) is 8.00. The highest BCUT2D eigenvalue weighted by molar-refractivity contribution is 5.50. The Morgan fingerprint density at radius 2 is 2.57 bits per heavy atom. The van der Waals surface area contributed by atoms with E-state index in [1.807, 2.05) is 4.90 Å². The lowest BCUT2D eigenvalue weighted by molar-refractivity contribution is 0.444. The summed E-state index contributed by atoms with van der Waals surface area (Å²) >= 11 is 0. The van der Waals surface area contributed by atoms with Gasteiger partial charge in [-0.3, -0.25) is 0 Å². The third kappa shape index (κ3) is 1.97.